The minimum Gasteiger partial charge on any atom is -0.444 e. The van der Waals surface area contributed by atoms with Crippen molar-refractivity contribution in [1.82, 2.24) is 4.90 Å². The number of fused-ring (bicyclic) bond motifs is 1. The average Bonchev–Trinajstić information content (AvgIpc) is 2.66. The maximum Gasteiger partial charge on any atom is 0.410 e. The molecule has 16 heavy (non-hydrogen) atoms. The Labute approximate surface area is 96.6 Å². The van der Waals surface area contributed by atoms with Crippen LogP contribution in [0, 0.1) is 5.92 Å². The van der Waals surface area contributed by atoms with E-state index in [4.69, 9.17) is 4.74 Å². The fourth-order valence-electron chi connectivity index (χ4n) is 2.81. The molecule has 1 saturated carbocycles. The van der Waals surface area contributed by atoms with Crippen LogP contribution in [0.15, 0.2) is 0 Å². The van der Waals surface area contributed by atoms with Crippen LogP contribution in [0.5, 0.6) is 0 Å². The first kappa shape index (κ1) is 11.7. The van der Waals surface area contributed by atoms with Gasteiger partial charge in [0, 0.05) is 12.0 Å². The Morgan fingerprint density at radius 2 is 2.06 bits per heavy atom. The molecule has 0 aromatic rings. The molecule has 0 radical (unpaired) electrons. The van der Waals surface area contributed by atoms with Crippen LogP contribution in [0.2, 0.25) is 0 Å². The Balaban J connectivity index is 2.02. The molecular weight excluding hydrogens is 206 g/mol. The summed E-state index contributed by atoms with van der Waals surface area (Å²) in [5.41, 5.74) is -0.460. The Morgan fingerprint density at radius 1 is 1.38 bits per heavy atom. The number of rotatable bonds is 0. The third kappa shape index (κ3) is 2.17. The highest BCUT2D eigenvalue weighted by Gasteiger charge is 2.46. The summed E-state index contributed by atoms with van der Waals surface area (Å²) in [6.07, 6.45) is 2.50. The Morgan fingerprint density at radius 3 is 2.69 bits per heavy atom. The van der Waals surface area contributed by atoms with Crippen LogP contribution in [-0.4, -0.2) is 40.4 Å². The van der Waals surface area contributed by atoms with Crippen molar-refractivity contribution in [2.45, 2.75) is 57.8 Å². The predicted octanol–water partition coefficient (Wildman–Crippen LogP) is 1.77. The third-order valence-electron chi connectivity index (χ3n) is 3.44. The Bertz CT molecular complexity index is 284. The van der Waals surface area contributed by atoms with Gasteiger partial charge in [-0.15, -0.1) is 0 Å². The summed E-state index contributed by atoms with van der Waals surface area (Å²) in [6, 6.07) is 0.199. The summed E-state index contributed by atoms with van der Waals surface area (Å²) < 4.78 is 5.35. The Kier molecular flexibility index (Phi) is 2.86. The van der Waals surface area contributed by atoms with Crippen LogP contribution in [0.3, 0.4) is 0 Å². The maximum atomic E-state index is 11.9. The number of likely N-dealkylation sites (tertiary alicyclic amines) is 1. The molecule has 1 aliphatic heterocycles. The quantitative estimate of drug-likeness (QED) is 0.686. The van der Waals surface area contributed by atoms with E-state index in [2.05, 4.69) is 0 Å². The molecular formula is C12H21NO3. The highest BCUT2D eigenvalue weighted by Crippen LogP contribution is 2.38. The lowest BCUT2D eigenvalue weighted by Gasteiger charge is -2.27. The molecule has 1 aliphatic carbocycles. The lowest BCUT2D eigenvalue weighted by molar-refractivity contribution is 0.0205. The maximum absolute atomic E-state index is 11.9. The second-order valence-electron chi connectivity index (χ2n) is 5.86. The monoisotopic (exact) mass is 227 g/mol. The molecule has 0 unspecified atom stereocenters. The van der Waals surface area contributed by atoms with E-state index < -0.39 is 5.60 Å². The fraction of sp³-hybridized carbons (Fsp3) is 0.917. The van der Waals surface area contributed by atoms with E-state index >= 15 is 0 Å². The number of aliphatic hydroxyl groups excluding tert-OH is 1. The molecule has 0 aromatic carbocycles. The van der Waals surface area contributed by atoms with E-state index in [1.165, 1.54) is 0 Å². The molecule has 0 spiro atoms. The van der Waals surface area contributed by atoms with Crippen LogP contribution in [0.4, 0.5) is 4.79 Å². The van der Waals surface area contributed by atoms with E-state index in [9.17, 15) is 9.90 Å². The standard InChI is InChI=1S/C12H21NO3/c1-12(2,3)16-11(15)13-7-10(14)8-5-4-6-9(8)13/h8-10,14H,4-7H2,1-3H3/t8-,9+,10+/m0/s1. The largest absolute Gasteiger partial charge is 0.444 e. The first-order valence-electron chi connectivity index (χ1n) is 6.06. The van der Waals surface area contributed by atoms with Crippen LogP contribution in [0.1, 0.15) is 40.0 Å². The summed E-state index contributed by atoms with van der Waals surface area (Å²) in [6.45, 7) is 6.03. The number of ether oxygens (including phenoxy) is 1. The number of hydrogen-bond acceptors (Lipinski definition) is 3. The smallest absolute Gasteiger partial charge is 0.410 e. The molecule has 1 N–H and O–H groups in total. The van der Waals surface area contributed by atoms with Gasteiger partial charge in [0.25, 0.3) is 0 Å². The van der Waals surface area contributed by atoms with Gasteiger partial charge in [0.05, 0.1) is 12.6 Å². The van der Waals surface area contributed by atoms with Crippen molar-refractivity contribution in [1.29, 1.82) is 0 Å². The van der Waals surface area contributed by atoms with Gasteiger partial charge in [-0.2, -0.15) is 0 Å². The van der Waals surface area contributed by atoms with Crippen LogP contribution >= 0.6 is 0 Å². The van der Waals surface area contributed by atoms with Crippen molar-refractivity contribution in [2.24, 2.45) is 5.92 Å². The van der Waals surface area contributed by atoms with Gasteiger partial charge in [-0.3, -0.25) is 0 Å². The molecule has 3 atom stereocenters. The normalized spacial score (nSPS) is 34.0. The van der Waals surface area contributed by atoms with Crippen molar-refractivity contribution in [3.63, 3.8) is 0 Å². The molecule has 2 aliphatic rings. The molecule has 2 fully saturated rings. The van der Waals surface area contributed by atoms with Crippen LogP contribution in [-0.2, 0) is 4.74 Å². The van der Waals surface area contributed by atoms with Crippen molar-refractivity contribution < 1.29 is 14.6 Å². The number of β-amino-alcohol motifs (C(OH)–C–C–N with tert-alkyl or cyclic N) is 1. The summed E-state index contributed by atoms with van der Waals surface area (Å²) in [7, 11) is 0. The predicted molar refractivity (Wildman–Crippen MR) is 60.1 cm³/mol. The van der Waals surface area contributed by atoms with E-state index in [1.54, 1.807) is 4.90 Å². The summed E-state index contributed by atoms with van der Waals surface area (Å²) >= 11 is 0. The highest BCUT2D eigenvalue weighted by molar-refractivity contribution is 5.69. The van der Waals surface area contributed by atoms with Gasteiger partial charge in [-0.25, -0.2) is 4.79 Å². The number of aliphatic hydroxyl groups is 1. The van der Waals surface area contributed by atoms with Crippen LogP contribution < -0.4 is 0 Å². The second kappa shape index (κ2) is 3.91. The van der Waals surface area contributed by atoms with Gasteiger partial charge in [0.15, 0.2) is 0 Å². The van der Waals surface area contributed by atoms with Gasteiger partial charge < -0.3 is 14.7 Å². The molecule has 4 heteroatoms. The molecule has 1 amide bonds. The second-order valence-corrected chi connectivity index (χ2v) is 5.86. The molecule has 1 saturated heterocycles. The van der Waals surface area contributed by atoms with Gasteiger partial charge in [0.2, 0.25) is 0 Å². The lowest BCUT2D eigenvalue weighted by atomic mass is 10.0. The topological polar surface area (TPSA) is 49.8 Å². The van der Waals surface area contributed by atoms with Gasteiger partial charge >= 0.3 is 6.09 Å². The third-order valence-corrected chi connectivity index (χ3v) is 3.44. The zero-order valence-corrected chi connectivity index (χ0v) is 10.3. The number of carbonyl (C=O) groups excluding carboxylic acids is 1. The van der Waals surface area contributed by atoms with E-state index in [-0.39, 0.29) is 24.2 Å². The minimum atomic E-state index is -0.460. The van der Waals surface area contributed by atoms with E-state index in [1.807, 2.05) is 20.8 Å². The molecule has 0 bridgehead atoms. The fourth-order valence-corrected chi connectivity index (χ4v) is 2.81. The van der Waals surface area contributed by atoms with E-state index in [0.717, 1.165) is 19.3 Å². The van der Waals surface area contributed by atoms with Gasteiger partial charge in [-0.05, 0) is 33.6 Å². The molecule has 1 heterocycles. The minimum absolute atomic E-state index is 0.199. The highest BCUT2D eigenvalue weighted by atomic mass is 16.6. The van der Waals surface area contributed by atoms with Crippen molar-refractivity contribution in [3.05, 3.63) is 0 Å². The van der Waals surface area contributed by atoms with Gasteiger partial charge in [0.1, 0.15) is 5.60 Å². The number of carbonyl (C=O) groups is 1. The zero-order valence-electron chi connectivity index (χ0n) is 10.3. The zero-order chi connectivity index (χ0) is 11.9. The van der Waals surface area contributed by atoms with Crippen molar-refractivity contribution in [2.75, 3.05) is 6.54 Å². The molecule has 4 nitrogen and oxygen atoms in total. The molecule has 2 rings (SSSR count). The van der Waals surface area contributed by atoms with E-state index in [0.29, 0.717) is 6.54 Å². The summed E-state index contributed by atoms with van der Waals surface area (Å²) in [5.74, 6) is 0.271. The number of hydrogen-bond donors (Lipinski definition) is 1. The van der Waals surface area contributed by atoms with Crippen LogP contribution in [0.25, 0.3) is 0 Å². The first-order chi connectivity index (χ1) is 7.38. The summed E-state index contributed by atoms with van der Waals surface area (Å²) in [4.78, 5) is 13.7. The molecule has 0 aromatic heterocycles. The number of amides is 1. The number of nitrogens with zero attached hydrogens (tertiary/aromatic N) is 1. The van der Waals surface area contributed by atoms with Gasteiger partial charge in [-0.1, -0.05) is 6.42 Å². The lowest BCUT2D eigenvalue weighted by Crippen LogP contribution is -2.40. The SMILES string of the molecule is CC(C)(C)OC(=O)N1C[C@@H](O)[C@H]2CCC[C@H]21. The first-order valence-corrected chi connectivity index (χ1v) is 6.06. The average molecular weight is 227 g/mol. The summed E-state index contributed by atoms with van der Waals surface area (Å²) in [5, 5.41) is 9.87. The van der Waals surface area contributed by atoms with Crippen molar-refractivity contribution >= 4 is 6.09 Å². The molecule has 92 valence electrons. The Hall–Kier alpha value is -0.770. The van der Waals surface area contributed by atoms with Crippen molar-refractivity contribution in [3.8, 4) is 0 Å².